The van der Waals surface area contributed by atoms with Gasteiger partial charge >= 0.3 is 0 Å². The second kappa shape index (κ2) is 5.96. The van der Waals surface area contributed by atoms with Crippen molar-refractivity contribution in [3.63, 3.8) is 0 Å². The van der Waals surface area contributed by atoms with E-state index in [0.29, 0.717) is 16.8 Å². The molecule has 6 heteroatoms. The third kappa shape index (κ3) is 3.03. The molecule has 0 radical (unpaired) electrons. The van der Waals surface area contributed by atoms with Gasteiger partial charge in [0, 0.05) is 17.2 Å². The number of carbonyl (C=O) groups excluding carboxylic acids is 3. The first kappa shape index (κ1) is 15.4. The van der Waals surface area contributed by atoms with E-state index in [1.165, 1.54) is 7.05 Å². The second-order valence-electron chi connectivity index (χ2n) is 5.28. The molecule has 0 aliphatic carbocycles. The van der Waals surface area contributed by atoms with Crippen LogP contribution in [0.5, 0.6) is 0 Å². The van der Waals surface area contributed by atoms with Gasteiger partial charge in [0.15, 0.2) is 0 Å². The van der Waals surface area contributed by atoms with Crippen molar-refractivity contribution in [3.05, 3.63) is 63.6 Å². The number of hydrogen-bond donors (Lipinski definition) is 1. The van der Waals surface area contributed by atoms with Crippen molar-refractivity contribution < 1.29 is 14.4 Å². The maximum absolute atomic E-state index is 12.1. The van der Waals surface area contributed by atoms with Gasteiger partial charge in [0.05, 0.1) is 17.5 Å². The summed E-state index contributed by atoms with van der Waals surface area (Å²) in [6.45, 7) is 0. The molecule has 5 nitrogen and oxygen atoms in total. The highest BCUT2D eigenvalue weighted by Gasteiger charge is 2.32. The monoisotopic (exact) mass is 372 g/mol. The number of carbonyl (C=O) groups is 3. The van der Waals surface area contributed by atoms with E-state index < -0.39 is 0 Å². The molecule has 1 heterocycles. The van der Waals surface area contributed by atoms with E-state index in [4.69, 9.17) is 0 Å². The van der Waals surface area contributed by atoms with Gasteiger partial charge in [0.1, 0.15) is 0 Å². The Bertz CT molecular complexity index is 815. The van der Waals surface area contributed by atoms with Gasteiger partial charge < -0.3 is 5.32 Å². The highest BCUT2D eigenvalue weighted by Crippen LogP contribution is 2.24. The number of rotatable bonds is 3. The Morgan fingerprint density at radius 2 is 1.70 bits per heavy atom. The molecule has 0 saturated carbocycles. The lowest BCUT2D eigenvalue weighted by Gasteiger charge is -2.06. The maximum atomic E-state index is 12.1. The molecule has 116 valence electrons. The van der Waals surface area contributed by atoms with E-state index in [1.807, 2.05) is 24.3 Å². The van der Waals surface area contributed by atoms with Crippen LogP contribution in [0.3, 0.4) is 0 Å². The Kier molecular flexibility index (Phi) is 4.00. The van der Waals surface area contributed by atoms with Crippen molar-refractivity contribution in [1.82, 2.24) is 4.90 Å². The minimum absolute atomic E-state index is 0.183. The standard InChI is InChI=1S/C17H13BrN2O3/c1-20-16(22)13-7-6-12(9-14(13)17(20)23)19-15(21)8-10-2-4-11(18)5-3-10/h2-7,9H,8H2,1H3,(H,19,21). The van der Waals surface area contributed by atoms with Crippen molar-refractivity contribution in [2.24, 2.45) is 0 Å². The molecule has 0 fully saturated rings. The SMILES string of the molecule is CN1C(=O)c2ccc(NC(=O)Cc3ccc(Br)cc3)cc2C1=O. The van der Waals surface area contributed by atoms with Crippen LogP contribution in [0.1, 0.15) is 26.3 Å². The van der Waals surface area contributed by atoms with Gasteiger partial charge in [-0.3, -0.25) is 19.3 Å². The predicted molar refractivity (Wildman–Crippen MR) is 89.3 cm³/mol. The van der Waals surface area contributed by atoms with Crippen LogP contribution in [0.4, 0.5) is 5.69 Å². The van der Waals surface area contributed by atoms with Gasteiger partial charge in [-0.25, -0.2) is 0 Å². The van der Waals surface area contributed by atoms with Gasteiger partial charge in [-0.1, -0.05) is 28.1 Å². The number of amides is 3. The molecular weight excluding hydrogens is 360 g/mol. The van der Waals surface area contributed by atoms with E-state index in [-0.39, 0.29) is 24.1 Å². The van der Waals surface area contributed by atoms with Crippen LogP contribution < -0.4 is 5.32 Å². The summed E-state index contributed by atoms with van der Waals surface area (Å²) in [6.07, 6.45) is 0.233. The van der Waals surface area contributed by atoms with E-state index >= 15 is 0 Å². The van der Waals surface area contributed by atoms with Crippen LogP contribution in [-0.4, -0.2) is 29.7 Å². The molecule has 1 aliphatic heterocycles. The van der Waals surface area contributed by atoms with Crippen molar-refractivity contribution in [3.8, 4) is 0 Å². The summed E-state index contributed by atoms with van der Waals surface area (Å²) in [7, 11) is 1.44. The lowest BCUT2D eigenvalue weighted by molar-refractivity contribution is -0.115. The molecule has 2 aromatic carbocycles. The molecule has 0 bridgehead atoms. The van der Waals surface area contributed by atoms with Crippen molar-refractivity contribution >= 4 is 39.3 Å². The summed E-state index contributed by atoms with van der Waals surface area (Å²) in [5.74, 6) is -0.857. The molecular formula is C17H13BrN2O3. The van der Waals surface area contributed by atoms with Crippen molar-refractivity contribution in [2.75, 3.05) is 12.4 Å². The van der Waals surface area contributed by atoms with Crippen molar-refractivity contribution in [2.45, 2.75) is 6.42 Å². The average Bonchev–Trinajstić information content (AvgIpc) is 2.74. The van der Waals surface area contributed by atoms with Gasteiger partial charge in [-0.2, -0.15) is 0 Å². The van der Waals surface area contributed by atoms with E-state index in [2.05, 4.69) is 21.2 Å². The summed E-state index contributed by atoms with van der Waals surface area (Å²) in [5, 5.41) is 2.75. The summed E-state index contributed by atoms with van der Waals surface area (Å²) in [4.78, 5) is 36.9. The van der Waals surface area contributed by atoms with Crippen LogP contribution in [0.25, 0.3) is 0 Å². The lowest BCUT2D eigenvalue weighted by atomic mass is 10.1. The number of benzene rings is 2. The van der Waals surface area contributed by atoms with E-state index in [9.17, 15) is 14.4 Å². The fourth-order valence-corrected chi connectivity index (χ4v) is 2.70. The summed E-state index contributed by atoms with van der Waals surface area (Å²) >= 11 is 3.35. The molecule has 0 spiro atoms. The largest absolute Gasteiger partial charge is 0.326 e. The first-order valence-corrected chi connectivity index (χ1v) is 7.76. The van der Waals surface area contributed by atoms with Gasteiger partial charge in [-0.15, -0.1) is 0 Å². The quantitative estimate of drug-likeness (QED) is 0.842. The number of halogens is 1. The maximum Gasteiger partial charge on any atom is 0.261 e. The molecule has 0 aromatic heterocycles. The van der Waals surface area contributed by atoms with Gasteiger partial charge in [0.2, 0.25) is 5.91 Å². The van der Waals surface area contributed by atoms with Crippen molar-refractivity contribution in [1.29, 1.82) is 0 Å². The zero-order chi connectivity index (χ0) is 16.6. The second-order valence-corrected chi connectivity index (χ2v) is 6.20. The average molecular weight is 373 g/mol. The van der Waals surface area contributed by atoms with E-state index in [0.717, 1.165) is 14.9 Å². The van der Waals surface area contributed by atoms with Crippen LogP contribution in [-0.2, 0) is 11.2 Å². The van der Waals surface area contributed by atoms with Gasteiger partial charge in [0.25, 0.3) is 11.8 Å². The molecule has 2 aromatic rings. The van der Waals surface area contributed by atoms with Crippen LogP contribution in [0.2, 0.25) is 0 Å². The molecule has 0 atom stereocenters. The number of nitrogens with zero attached hydrogens (tertiary/aromatic N) is 1. The molecule has 3 amide bonds. The topological polar surface area (TPSA) is 66.5 Å². The number of imide groups is 1. The number of fused-ring (bicyclic) bond motifs is 1. The zero-order valence-electron chi connectivity index (χ0n) is 12.3. The van der Waals surface area contributed by atoms with Crippen LogP contribution in [0.15, 0.2) is 46.9 Å². The normalized spacial score (nSPS) is 13.2. The summed E-state index contributed by atoms with van der Waals surface area (Å²) < 4.78 is 0.951. The Hall–Kier alpha value is -2.47. The minimum atomic E-state index is -0.353. The first-order valence-electron chi connectivity index (χ1n) is 6.96. The Labute approximate surface area is 141 Å². The fraction of sp³-hybridized carbons (Fsp3) is 0.118. The van der Waals surface area contributed by atoms with E-state index in [1.54, 1.807) is 18.2 Å². The molecule has 0 saturated heterocycles. The van der Waals surface area contributed by atoms with Crippen LogP contribution in [0, 0.1) is 0 Å². The predicted octanol–water partition coefficient (Wildman–Crippen LogP) is 2.86. The highest BCUT2D eigenvalue weighted by molar-refractivity contribution is 9.10. The third-order valence-corrected chi connectivity index (χ3v) is 4.18. The Balaban J connectivity index is 1.74. The lowest BCUT2D eigenvalue weighted by Crippen LogP contribution is -2.24. The third-order valence-electron chi connectivity index (χ3n) is 3.65. The molecule has 0 unspecified atom stereocenters. The molecule has 23 heavy (non-hydrogen) atoms. The Morgan fingerprint density at radius 3 is 2.39 bits per heavy atom. The summed E-state index contributed by atoms with van der Waals surface area (Å²) in [5.41, 5.74) is 2.07. The summed E-state index contributed by atoms with van der Waals surface area (Å²) in [6, 6.07) is 12.2. The molecule has 3 rings (SSSR count). The van der Waals surface area contributed by atoms with Gasteiger partial charge in [-0.05, 0) is 35.9 Å². The number of hydrogen-bond acceptors (Lipinski definition) is 3. The number of nitrogens with one attached hydrogen (secondary N) is 1. The molecule has 1 N–H and O–H groups in total. The number of anilines is 1. The molecule has 1 aliphatic rings. The first-order chi connectivity index (χ1) is 11.0. The Morgan fingerprint density at radius 1 is 1.04 bits per heavy atom. The van der Waals surface area contributed by atoms with Crippen LogP contribution >= 0.6 is 15.9 Å². The zero-order valence-corrected chi connectivity index (χ0v) is 13.9. The minimum Gasteiger partial charge on any atom is -0.326 e. The highest BCUT2D eigenvalue weighted by atomic mass is 79.9. The fourth-order valence-electron chi connectivity index (χ4n) is 2.43. The smallest absolute Gasteiger partial charge is 0.261 e.